The molecule has 0 bridgehead atoms. The molecule has 0 saturated carbocycles. The summed E-state index contributed by atoms with van der Waals surface area (Å²) < 4.78 is 96.2. The number of para-hydroxylation sites is 2. The van der Waals surface area contributed by atoms with Crippen LogP contribution in [0.15, 0.2) is 162 Å². The second kappa shape index (κ2) is 10.5. The van der Waals surface area contributed by atoms with E-state index in [9.17, 15) is 2.74 Å². The number of aromatic nitrogens is 4. The van der Waals surface area contributed by atoms with Crippen molar-refractivity contribution in [2.75, 3.05) is 0 Å². The normalized spacial score (nSPS) is 14.7. The van der Waals surface area contributed by atoms with Gasteiger partial charge in [-0.2, -0.15) is 0 Å². The summed E-state index contributed by atoms with van der Waals surface area (Å²) in [6.45, 7) is 0. The maximum absolute atomic E-state index is 9.34. The van der Waals surface area contributed by atoms with E-state index in [1.54, 1.807) is 16.7 Å². The lowest BCUT2D eigenvalue weighted by molar-refractivity contribution is 0.671. The molecule has 0 aliphatic carbocycles. The lowest BCUT2D eigenvalue weighted by Gasteiger charge is -2.14. The van der Waals surface area contributed by atoms with Gasteiger partial charge in [0.25, 0.3) is 0 Å². The zero-order valence-electron chi connectivity index (χ0n) is 34.9. The highest BCUT2D eigenvalue weighted by Gasteiger charge is 2.21. The molecule has 10 rings (SSSR count). The average Bonchev–Trinajstić information content (AvgIpc) is 3.83. The summed E-state index contributed by atoms with van der Waals surface area (Å²) in [6.07, 6.45) is 0. The van der Waals surface area contributed by atoms with Crippen LogP contribution in [0.3, 0.4) is 0 Å². The number of rotatable bonds is 4. The molecule has 3 aromatic heterocycles. The van der Waals surface area contributed by atoms with Crippen molar-refractivity contribution >= 4 is 54.5 Å². The first-order chi connectivity index (χ1) is 28.0. The van der Waals surface area contributed by atoms with E-state index in [2.05, 4.69) is 0 Å². The minimum atomic E-state index is -0.531. The molecule has 0 amide bonds. The van der Waals surface area contributed by atoms with E-state index in [1.807, 2.05) is 84.9 Å². The minimum Gasteiger partial charge on any atom is -0.454 e. The third-order valence-electron chi connectivity index (χ3n) is 8.54. The first-order valence-corrected chi connectivity index (χ1v) is 15.2. The molecule has 0 radical (unpaired) electrons. The maximum atomic E-state index is 9.34. The SMILES string of the molecule is [2H]c1c([2H])c([2H])c2c(oc3c2c([2H])c([2H])c2c4c([2H])c([2H])c([2H])c([2H])c4n(-c4cccc5c(-c6nc(-c7ccccc7)nc(-c7ccccc7)n6)cccc45)c32)c1[2H]. The van der Waals surface area contributed by atoms with Gasteiger partial charge in [0.2, 0.25) is 0 Å². The molecule has 10 aromatic rings. The molecular weight excluding hydrogens is 589 g/mol. The summed E-state index contributed by atoms with van der Waals surface area (Å²) in [5.74, 6) is 1.31. The van der Waals surface area contributed by atoms with E-state index in [0.717, 1.165) is 11.1 Å². The predicted molar refractivity (Wildman–Crippen MR) is 195 cm³/mol. The number of hydrogen-bond donors (Lipinski definition) is 0. The van der Waals surface area contributed by atoms with Crippen LogP contribution in [0.4, 0.5) is 0 Å². The molecule has 0 aliphatic rings. The van der Waals surface area contributed by atoms with Gasteiger partial charge in [0.05, 0.1) is 30.4 Å². The van der Waals surface area contributed by atoms with Gasteiger partial charge >= 0.3 is 0 Å². The van der Waals surface area contributed by atoms with Crippen molar-refractivity contribution in [3.63, 3.8) is 0 Å². The summed E-state index contributed by atoms with van der Waals surface area (Å²) in [6, 6.07) is 25.6. The van der Waals surface area contributed by atoms with Gasteiger partial charge in [0.1, 0.15) is 5.58 Å². The topological polar surface area (TPSA) is 56.7 Å². The van der Waals surface area contributed by atoms with E-state index in [4.69, 9.17) is 30.3 Å². The lowest BCUT2D eigenvalue weighted by atomic mass is 10.0. The Morgan fingerprint density at radius 3 is 1.88 bits per heavy atom. The Morgan fingerprint density at radius 1 is 0.479 bits per heavy atom. The van der Waals surface area contributed by atoms with Crippen LogP contribution in [0.1, 0.15) is 13.7 Å². The number of furan rings is 1. The van der Waals surface area contributed by atoms with Gasteiger partial charge in [-0.15, -0.1) is 0 Å². The Hall–Kier alpha value is -6.59. The summed E-state index contributed by atoms with van der Waals surface area (Å²) in [4.78, 5) is 14.7. The van der Waals surface area contributed by atoms with Gasteiger partial charge in [-0.05, 0) is 29.6 Å². The van der Waals surface area contributed by atoms with Crippen LogP contribution >= 0.6 is 0 Å². The number of benzene rings is 7. The van der Waals surface area contributed by atoms with Crippen molar-refractivity contribution in [1.82, 2.24) is 19.5 Å². The number of nitrogens with zero attached hydrogens (tertiary/aromatic N) is 4. The van der Waals surface area contributed by atoms with Crippen LogP contribution in [0.2, 0.25) is 0 Å². The standard InChI is InChI=1S/C43H26N4O/c1-3-13-27(14-4-1)41-44-42(28-15-5-2-6-16-28)46-43(45-41)35-21-11-20-30-29(35)19-12-23-37(30)47-36-22-9-7-17-31(36)33-25-26-34-32-18-8-10-24-38(32)48-40(34)39(33)47/h1-26H/i7D,8D,9D,10D,17D,18D,22D,24D,25D,26D. The molecule has 224 valence electrons. The Morgan fingerprint density at radius 2 is 1.10 bits per heavy atom. The quantitative estimate of drug-likeness (QED) is 0.195. The van der Waals surface area contributed by atoms with Crippen LogP contribution in [0.25, 0.3) is 94.4 Å². The van der Waals surface area contributed by atoms with Gasteiger partial charge < -0.3 is 8.98 Å². The molecule has 48 heavy (non-hydrogen) atoms. The zero-order chi connectivity index (χ0) is 40.3. The lowest BCUT2D eigenvalue weighted by Crippen LogP contribution is -2.01. The Kier molecular flexibility index (Phi) is 4.04. The van der Waals surface area contributed by atoms with Crippen LogP contribution in [0, 0.1) is 0 Å². The first kappa shape index (κ1) is 18.5. The Bertz CT molecular complexity index is 3350. The smallest absolute Gasteiger partial charge is 0.164 e. The second-order valence-corrected chi connectivity index (χ2v) is 11.3. The molecule has 0 atom stereocenters. The summed E-state index contributed by atoms with van der Waals surface area (Å²) in [5, 5.41) is 1.20. The van der Waals surface area contributed by atoms with Crippen LogP contribution < -0.4 is 0 Å². The zero-order valence-corrected chi connectivity index (χ0v) is 24.9. The molecular formula is C43H26N4O. The van der Waals surface area contributed by atoms with E-state index in [0.29, 0.717) is 39.5 Å². The highest BCUT2D eigenvalue weighted by molar-refractivity contribution is 6.22. The number of hydrogen-bond acceptors (Lipinski definition) is 4. The van der Waals surface area contributed by atoms with Crippen molar-refractivity contribution in [2.24, 2.45) is 0 Å². The monoisotopic (exact) mass is 624 g/mol. The van der Waals surface area contributed by atoms with Crippen molar-refractivity contribution in [3.8, 4) is 39.9 Å². The summed E-state index contributed by atoms with van der Waals surface area (Å²) in [5.41, 5.74) is 2.53. The van der Waals surface area contributed by atoms with Crippen LogP contribution in [-0.4, -0.2) is 19.5 Å². The Labute approximate surface area is 289 Å². The summed E-state index contributed by atoms with van der Waals surface area (Å²) in [7, 11) is 0. The fraction of sp³-hybridized carbons (Fsp3) is 0. The first-order valence-electron chi connectivity index (χ1n) is 20.2. The molecule has 5 heteroatoms. The van der Waals surface area contributed by atoms with Crippen molar-refractivity contribution < 1.29 is 18.1 Å². The molecule has 7 aromatic carbocycles. The maximum Gasteiger partial charge on any atom is 0.164 e. The van der Waals surface area contributed by atoms with Crippen molar-refractivity contribution in [1.29, 1.82) is 0 Å². The molecule has 0 spiro atoms. The van der Waals surface area contributed by atoms with E-state index < -0.39 is 54.4 Å². The Balaban J connectivity index is 1.36. The third-order valence-corrected chi connectivity index (χ3v) is 8.54. The van der Waals surface area contributed by atoms with E-state index in [1.165, 1.54) is 0 Å². The predicted octanol–water partition coefficient (Wildman–Crippen LogP) is 11.0. The average molecular weight is 625 g/mol. The van der Waals surface area contributed by atoms with Gasteiger partial charge in [-0.3, -0.25) is 0 Å². The minimum absolute atomic E-state index is 0.00737. The molecule has 3 heterocycles. The van der Waals surface area contributed by atoms with Crippen molar-refractivity contribution in [2.45, 2.75) is 0 Å². The third kappa shape index (κ3) is 4.01. The van der Waals surface area contributed by atoms with E-state index >= 15 is 0 Å². The second-order valence-electron chi connectivity index (χ2n) is 11.3. The number of fused-ring (bicyclic) bond motifs is 8. The highest BCUT2D eigenvalue weighted by atomic mass is 16.3. The van der Waals surface area contributed by atoms with Gasteiger partial charge in [-0.1, -0.05) is 133 Å². The molecule has 0 N–H and O–H groups in total. The molecule has 0 aliphatic heterocycles. The molecule has 0 saturated heterocycles. The van der Waals surface area contributed by atoms with Gasteiger partial charge in [0, 0.05) is 43.6 Å². The summed E-state index contributed by atoms with van der Waals surface area (Å²) >= 11 is 0. The fourth-order valence-corrected chi connectivity index (χ4v) is 6.42. The van der Waals surface area contributed by atoms with Crippen LogP contribution in [-0.2, 0) is 0 Å². The largest absolute Gasteiger partial charge is 0.454 e. The molecule has 5 nitrogen and oxygen atoms in total. The van der Waals surface area contributed by atoms with Crippen molar-refractivity contribution in [3.05, 3.63) is 157 Å². The van der Waals surface area contributed by atoms with Gasteiger partial charge in [-0.25, -0.2) is 15.0 Å². The molecule has 0 unspecified atom stereocenters. The van der Waals surface area contributed by atoms with Crippen LogP contribution in [0.5, 0.6) is 0 Å². The van der Waals surface area contributed by atoms with Gasteiger partial charge in [0.15, 0.2) is 23.1 Å². The highest BCUT2D eigenvalue weighted by Crippen LogP contribution is 2.42. The molecule has 0 fully saturated rings. The fourth-order valence-electron chi connectivity index (χ4n) is 6.42. The van der Waals surface area contributed by atoms with E-state index in [-0.39, 0.29) is 49.8 Å².